The van der Waals surface area contributed by atoms with Crippen LogP contribution in [0.5, 0.6) is 17.2 Å². The fourth-order valence-electron chi connectivity index (χ4n) is 5.85. The number of methoxy groups -OCH3 is 2. The van der Waals surface area contributed by atoms with Gasteiger partial charge >= 0.3 is 0 Å². The first kappa shape index (κ1) is 34.6. The predicted molar refractivity (Wildman–Crippen MR) is 193 cm³/mol. The summed E-state index contributed by atoms with van der Waals surface area (Å²) in [5, 5.41) is 0. The maximum absolute atomic E-state index is 6.41. The summed E-state index contributed by atoms with van der Waals surface area (Å²) in [6, 6.07) is 14.2. The van der Waals surface area contributed by atoms with Gasteiger partial charge in [-0.05, 0) is 51.0 Å². The van der Waals surface area contributed by atoms with Crippen LogP contribution in [0, 0.1) is 0 Å². The number of hydrogen-bond donors (Lipinski definition) is 0. The van der Waals surface area contributed by atoms with Crippen LogP contribution in [0.1, 0.15) is 119 Å². The van der Waals surface area contributed by atoms with Crippen LogP contribution in [0.3, 0.4) is 0 Å². The molecule has 1 aliphatic rings. The molecule has 3 nitrogen and oxygen atoms in total. The van der Waals surface area contributed by atoms with E-state index in [9.17, 15) is 0 Å². The number of hydrogen-bond acceptors (Lipinski definition) is 5. The van der Waals surface area contributed by atoms with Gasteiger partial charge in [0, 0.05) is 51.7 Å². The van der Waals surface area contributed by atoms with Crippen molar-refractivity contribution in [2.24, 2.45) is 0 Å². The highest BCUT2D eigenvalue weighted by molar-refractivity contribution is 7.98. The maximum atomic E-state index is 6.41. The van der Waals surface area contributed by atoms with Gasteiger partial charge in [0.15, 0.2) is 0 Å². The zero-order valence-corrected chi connectivity index (χ0v) is 30.9. The van der Waals surface area contributed by atoms with E-state index in [2.05, 4.69) is 106 Å². The lowest BCUT2D eigenvalue weighted by molar-refractivity contribution is 0.334. The Balaban J connectivity index is 1.99. The van der Waals surface area contributed by atoms with E-state index in [4.69, 9.17) is 14.2 Å². The largest absolute Gasteiger partial charge is 0.496 e. The second-order valence-corrected chi connectivity index (χ2v) is 17.1. The molecule has 0 N–H and O–H groups in total. The molecule has 1 aliphatic heterocycles. The van der Waals surface area contributed by atoms with Gasteiger partial charge in [-0.1, -0.05) is 98.7 Å². The van der Waals surface area contributed by atoms with E-state index in [1.807, 2.05) is 37.7 Å². The molecule has 5 heteroatoms. The smallest absolute Gasteiger partial charge is 0.127 e. The number of ether oxygens (including phenoxy) is 3. The van der Waals surface area contributed by atoms with Crippen molar-refractivity contribution < 1.29 is 14.2 Å². The summed E-state index contributed by atoms with van der Waals surface area (Å²) in [5.41, 5.74) is 11.6. The third kappa shape index (κ3) is 7.94. The van der Waals surface area contributed by atoms with Crippen molar-refractivity contribution in [2.45, 2.75) is 115 Å². The Kier molecular flexibility index (Phi) is 10.7. The van der Waals surface area contributed by atoms with E-state index in [-0.39, 0.29) is 16.2 Å². The molecule has 6 bridgehead atoms. The second kappa shape index (κ2) is 13.6. The molecule has 44 heavy (non-hydrogen) atoms. The summed E-state index contributed by atoms with van der Waals surface area (Å²) in [5.74, 6) is 6.53. The quantitative estimate of drug-likeness (QED) is 0.285. The van der Waals surface area contributed by atoms with Crippen LogP contribution in [-0.2, 0) is 45.7 Å². The molecule has 240 valence electrons. The van der Waals surface area contributed by atoms with Gasteiger partial charge in [0.1, 0.15) is 17.2 Å². The lowest BCUT2D eigenvalue weighted by atomic mass is 9.82. The lowest BCUT2D eigenvalue weighted by Gasteiger charge is -2.27. The molecule has 1 heterocycles. The van der Waals surface area contributed by atoms with E-state index in [1.54, 1.807) is 0 Å². The zero-order chi connectivity index (χ0) is 32.4. The van der Waals surface area contributed by atoms with Crippen LogP contribution in [0.25, 0.3) is 0 Å². The van der Waals surface area contributed by atoms with Crippen molar-refractivity contribution in [3.8, 4) is 17.2 Å². The molecular formula is C39H54O3S2. The molecule has 0 saturated carbocycles. The Bertz CT molecular complexity index is 1370. The Hall–Kier alpha value is -2.24. The second-order valence-electron chi connectivity index (χ2n) is 15.1. The zero-order valence-electron chi connectivity index (χ0n) is 29.2. The third-order valence-corrected chi connectivity index (χ3v) is 10.5. The van der Waals surface area contributed by atoms with Gasteiger partial charge in [0.05, 0.1) is 20.8 Å². The minimum atomic E-state index is 0.0124. The number of fused-ring (bicyclic) bond motifs is 6. The van der Waals surface area contributed by atoms with Gasteiger partial charge in [-0.3, -0.25) is 0 Å². The maximum Gasteiger partial charge on any atom is 0.127 e. The van der Waals surface area contributed by atoms with E-state index in [0.717, 1.165) is 46.7 Å². The van der Waals surface area contributed by atoms with Gasteiger partial charge in [0.2, 0.25) is 0 Å². The summed E-state index contributed by atoms with van der Waals surface area (Å²) >= 11 is 3.89. The van der Waals surface area contributed by atoms with E-state index in [0.29, 0.717) is 6.61 Å². The Morgan fingerprint density at radius 3 is 1.07 bits per heavy atom. The van der Waals surface area contributed by atoms with Crippen molar-refractivity contribution in [1.29, 1.82) is 0 Å². The Morgan fingerprint density at radius 2 is 0.795 bits per heavy atom. The van der Waals surface area contributed by atoms with Crippen LogP contribution < -0.4 is 14.2 Å². The summed E-state index contributed by atoms with van der Waals surface area (Å²) in [4.78, 5) is 0. The number of rotatable bonds is 4. The molecular weight excluding hydrogens is 581 g/mol. The highest BCUT2D eigenvalue weighted by atomic mass is 32.2. The SMILES string of the molecule is CCOc1c2cc(C(C)(C)C)cc1CSCc1cc(C(C)(C)C)cc(c1OC)Cc1cc(C(C)(C)C)cc(c1OC)CSC2. The molecule has 0 saturated heterocycles. The molecule has 0 aliphatic carbocycles. The first-order valence-corrected chi connectivity index (χ1v) is 18.2. The molecule has 3 aromatic rings. The fourth-order valence-corrected chi connectivity index (χ4v) is 7.80. The molecule has 0 radical (unpaired) electrons. The molecule has 3 aromatic carbocycles. The van der Waals surface area contributed by atoms with Crippen molar-refractivity contribution in [3.05, 3.63) is 86.5 Å². The predicted octanol–water partition coefficient (Wildman–Crippen LogP) is 10.8. The first-order valence-electron chi connectivity index (χ1n) is 15.9. The van der Waals surface area contributed by atoms with Crippen LogP contribution in [0.2, 0.25) is 0 Å². The van der Waals surface area contributed by atoms with Gasteiger partial charge in [0.25, 0.3) is 0 Å². The molecule has 0 aromatic heterocycles. The monoisotopic (exact) mass is 634 g/mol. The Labute approximate surface area is 276 Å². The van der Waals surface area contributed by atoms with E-state index in [1.165, 1.54) is 50.1 Å². The standard InChI is InChI=1S/C39H54O3S2/c1-13-42-36-29-19-33(39(8,9)10)20-30(36)24-44-22-28-18-32(38(5,6)7)16-26(35(28)41-12)14-25-15-31(37(2,3)4)17-27(21-43-23-29)34(25)40-11/h15-20H,13-14,21-24H2,1-12H3. The minimum Gasteiger partial charge on any atom is -0.496 e. The highest BCUT2D eigenvalue weighted by Crippen LogP contribution is 2.42. The van der Waals surface area contributed by atoms with Gasteiger partial charge < -0.3 is 14.2 Å². The molecule has 4 rings (SSSR count). The molecule has 0 unspecified atom stereocenters. The van der Waals surface area contributed by atoms with Gasteiger partial charge in [-0.15, -0.1) is 0 Å². The van der Waals surface area contributed by atoms with Crippen molar-refractivity contribution in [1.82, 2.24) is 0 Å². The number of benzene rings is 3. The van der Waals surface area contributed by atoms with Crippen molar-refractivity contribution in [2.75, 3.05) is 20.8 Å². The van der Waals surface area contributed by atoms with Crippen LogP contribution >= 0.6 is 23.5 Å². The fraction of sp³-hybridized carbons (Fsp3) is 0.538. The summed E-state index contributed by atoms with van der Waals surface area (Å²) < 4.78 is 18.9. The van der Waals surface area contributed by atoms with Crippen molar-refractivity contribution in [3.63, 3.8) is 0 Å². The third-order valence-electron chi connectivity index (χ3n) is 8.43. The average Bonchev–Trinajstić information content (AvgIpc) is 2.92. The van der Waals surface area contributed by atoms with Crippen molar-refractivity contribution >= 4 is 23.5 Å². The summed E-state index contributed by atoms with van der Waals surface area (Å²) in [7, 11) is 3.64. The molecule has 0 fully saturated rings. The Morgan fingerprint density at radius 1 is 0.500 bits per heavy atom. The summed E-state index contributed by atoms with van der Waals surface area (Å²) in [6.45, 7) is 23.4. The number of thioether (sulfide) groups is 2. The molecule has 0 amide bonds. The lowest BCUT2D eigenvalue weighted by Crippen LogP contribution is -2.15. The molecule has 0 spiro atoms. The van der Waals surface area contributed by atoms with Crippen LogP contribution in [0.4, 0.5) is 0 Å². The van der Waals surface area contributed by atoms with Crippen LogP contribution in [0.15, 0.2) is 36.4 Å². The first-order chi connectivity index (χ1) is 20.6. The highest BCUT2D eigenvalue weighted by Gasteiger charge is 2.25. The van der Waals surface area contributed by atoms with Gasteiger partial charge in [-0.25, -0.2) is 0 Å². The van der Waals surface area contributed by atoms with Gasteiger partial charge in [-0.2, -0.15) is 23.5 Å². The van der Waals surface area contributed by atoms with E-state index >= 15 is 0 Å². The summed E-state index contributed by atoms with van der Waals surface area (Å²) in [6.07, 6.45) is 0.762. The average molecular weight is 635 g/mol. The topological polar surface area (TPSA) is 27.7 Å². The van der Waals surface area contributed by atoms with Crippen LogP contribution in [-0.4, -0.2) is 20.8 Å². The normalized spacial score (nSPS) is 14.7. The minimum absolute atomic E-state index is 0.0124. The van der Waals surface area contributed by atoms with E-state index < -0.39 is 0 Å². The molecule has 0 atom stereocenters.